The summed E-state index contributed by atoms with van der Waals surface area (Å²) in [5, 5.41) is 6.90. The lowest BCUT2D eigenvalue weighted by atomic mass is 10.1. The number of amides is 2. The summed E-state index contributed by atoms with van der Waals surface area (Å²) < 4.78 is 18.1. The number of rotatable bonds is 9. The molecule has 6 rings (SSSR count). The van der Waals surface area contributed by atoms with E-state index in [-0.39, 0.29) is 11.8 Å². The quantitative estimate of drug-likeness (QED) is 0.228. The lowest BCUT2D eigenvalue weighted by molar-refractivity contribution is 0.102. The normalized spacial score (nSPS) is 14.7. The van der Waals surface area contributed by atoms with Gasteiger partial charge in [0, 0.05) is 28.2 Å². The van der Waals surface area contributed by atoms with Crippen LogP contribution in [-0.4, -0.2) is 56.2 Å². The Morgan fingerprint density at radius 3 is 2.59 bits per heavy atom. The number of thiophene rings is 1. The van der Waals surface area contributed by atoms with Gasteiger partial charge in [-0.15, -0.1) is 11.3 Å². The molecule has 1 saturated heterocycles. The maximum Gasteiger partial charge on any atom is 0.265 e. The van der Waals surface area contributed by atoms with Crippen LogP contribution in [0.5, 0.6) is 17.2 Å². The molecule has 9 heteroatoms. The maximum atomic E-state index is 13.2. The number of likely N-dealkylation sites (tertiary alicyclic amines) is 1. The first-order chi connectivity index (χ1) is 20.0. The van der Waals surface area contributed by atoms with Crippen LogP contribution in [0.15, 0.2) is 60.7 Å². The number of fused-ring (bicyclic) bond motifs is 2. The van der Waals surface area contributed by atoms with Crippen LogP contribution in [0, 0.1) is 6.92 Å². The zero-order valence-corrected chi connectivity index (χ0v) is 23.9. The summed E-state index contributed by atoms with van der Waals surface area (Å²) >= 11 is 1.44. The van der Waals surface area contributed by atoms with Crippen molar-refractivity contribution >= 4 is 44.6 Å². The Hall–Kier alpha value is -4.08. The number of carbonyl (C=O) groups excluding carboxylic acids is 2. The summed E-state index contributed by atoms with van der Waals surface area (Å²) in [6.07, 6.45) is 3.61. The minimum atomic E-state index is -0.276. The second-order valence-electron chi connectivity index (χ2n) is 10.4. The van der Waals surface area contributed by atoms with Crippen LogP contribution in [0.3, 0.4) is 0 Å². The molecule has 0 saturated carbocycles. The van der Waals surface area contributed by atoms with E-state index in [0.29, 0.717) is 53.1 Å². The van der Waals surface area contributed by atoms with E-state index < -0.39 is 0 Å². The number of carbonyl (C=O) groups is 2. The molecule has 0 spiro atoms. The maximum absolute atomic E-state index is 13.2. The number of anilines is 2. The van der Waals surface area contributed by atoms with Gasteiger partial charge in [0.2, 0.25) is 0 Å². The van der Waals surface area contributed by atoms with E-state index in [2.05, 4.69) is 15.5 Å². The number of hydrogen-bond donors (Lipinski definition) is 2. The fourth-order valence-corrected chi connectivity index (χ4v) is 6.05. The molecule has 2 aliphatic heterocycles. The lowest BCUT2D eigenvalue weighted by Crippen LogP contribution is -2.21. The third kappa shape index (κ3) is 6.47. The Balaban J connectivity index is 1.08. The van der Waals surface area contributed by atoms with Crippen molar-refractivity contribution in [1.29, 1.82) is 0 Å². The lowest BCUT2D eigenvalue weighted by Gasteiger charge is -2.18. The molecule has 2 N–H and O–H groups in total. The molecule has 212 valence electrons. The summed E-state index contributed by atoms with van der Waals surface area (Å²) in [5.74, 6) is 1.53. The van der Waals surface area contributed by atoms with Crippen molar-refractivity contribution in [2.24, 2.45) is 0 Å². The Kier molecular flexibility index (Phi) is 8.07. The van der Waals surface area contributed by atoms with Gasteiger partial charge in [-0.25, -0.2) is 0 Å². The van der Waals surface area contributed by atoms with Gasteiger partial charge in [-0.05, 0) is 105 Å². The number of hydrogen-bond acceptors (Lipinski definition) is 7. The molecule has 41 heavy (non-hydrogen) atoms. The summed E-state index contributed by atoms with van der Waals surface area (Å²) in [7, 11) is 0. The summed E-state index contributed by atoms with van der Waals surface area (Å²) in [5.41, 5.74) is 2.56. The van der Waals surface area contributed by atoms with Gasteiger partial charge in [0.05, 0.1) is 11.5 Å². The molecule has 0 aliphatic carbocycles. The molecule has 1 fully saturated rings. The fourth-order valence-electron chi connectivity index (χ4n) is 5.11. The molecule has 3 heterocycles. The van der Waals surface area contributed by atoms with Crippen LogP contribution in [0.1, 0.15) is 44.9 Å². The Morgan fingerprint density at radius 2 is 1.73 bits per heavy atom. The largest absolute Gasteiger partial charge is 0.494 e. The van der Waals surface area contributed by atoms with Crippen molar-refractivity contribution in [3.8, 4) is 17.2 Å². The molecule has 1 aromatic heterocycles. The predicted molar refractivity (Wildman–Crippen MR) is 162 cm³/mol. The van der Waals surface area contributed by atoms with E-state index in [1.165, 1.54) is 37.3 Å². The van der Waals surface area contributed by atoms with E-state index in [0.717, 1.165) is 34.4 Å². The SMILES string of the molecule is Cc1ccc(NC(=O)c2ccc3c(c2)OCCO3)cc1NC(=O)c1cc2cc(OCCCN3CCCC3)ccc2s1. The fraction of sp³-hybridized carbons (Fsp3) is 0.312. The van der Waals surface area contributed by atoms with Crippen LogP contribution in [0.2, 0.25) is 0 Å². The number of nitrogens with one attached hydrogen (secondary N) is 2. The highest BCUT2D eigenvalue weighted by Crippen LogP contribution is 2.32. The van der Waals surface area contributed by atoms with Crippen LogP contribution in [0.4, 0.5) is 11.4 Å². The van der Waals surface area contributed by atoms with Crippen molar-refractivity contribution in [3.63, 3.8) is 0 Å². The average molecular weight is 572 g/mol. The Morgan fingerprint density at radius 1 is 0.902 bits per heavy atom. The highest BCUT2D eigenvalue weighted by Gasteiger charge is 2.17. The molecule has 3 aromatic carbocycles. The van der Waals surface area contributed by atoms with Crippen LogP contribution in [0.25, 0.3) is 10.1 Å². The summed E-state index contributed by atoms with van der Waals surface area (Å²) in [6.45, 7) is 7.02. The van der Waals surface area contributed by atoms with Crippen LogP contribution < -0.4 is 24.8 Å². The number of benzene rings is 3. The van der Waals surface area contributed by atoms with Gasteiger partial charge in [-0.2, -0.15) is 0 Å². The van der Waals surface area contributed by atoms with Crippen molar-refractivity contribution in [1.82, 2.24) is 4.90 Å². The van der Waals surface area contributed by atoms with Crippen LogP contribution >= 0.6 is 11.3 Å². The first-order valence-electron chi connectivity index (χ1n) is 14.0. The molecule has 0 unspecified atom stereocenters. The number of ether oxygens (including phenoxy) is 3. The number of aryl methyl sites for hydroxylation is 1. The zero-order chi connectivity index (χ0) is 28.2. The van der Waals surface area contributed by atoms with Gasteiger partial charge in [0.15, 0.2) is 11.5 Å². The van der Waals surface area contributed by atoms with E-state index in [1.54, 1.807) is 24.3 Å². The molecule has 0 radical (unpaired) electrons. The molecule has 0 bridgehead atoms. The first kappa shape index (κ1) is 27.1. The molecule has 2 aliphatic rings. The minimum Gasteiger partial charge on any atom is -0.494 e. The monoisotopic (exact) mass is 571 g/mol. The highest BCUT2D eigenvalue weighted by molar-refractivity contribution is 7.20. The summed E-state index contributed by atoms with van der Waals surface area (Å²) in [6, 6.07) is 18.4. The molecular weight excluding hydrogens is 538 g/mol. The van der Waals surface area contributed by atoms with Gasteiger partial charge in [0.25, 0.3) is 11.8 Å². The van der Waals surface area contributed by atoms with Crippen LogP contribution in [-0.2, 0) is 0 Å². The van der Waals surface area contributed by atoms with Crippen molar-refractivity contribution in [2.45, 2.75) is 26.2 Å². The van der Waals surface area contributed by atoms with Gasteiger partial charge >= 0.3 is 0 Å². The van der Waals surface area contributed by atoms with Crippen molar-refractivity contribution in [3.05, 3.63) is 76.7 Å². The third-order valence-electron chi connectivity index (χ3n) is 7.35. The first-order valence-corrected chi connectivity index (χ1v) is 14.9. The smallest absolute Gasteiger partial charge is 0.265 e. The van der Waals surface area contributed by atoms with Crippen molar-refractivity contribution in [2.75, 3.05) is 50.1 Å². The van der Waals surface area contributed by atoms with E-state index in [4.69, 9.17) is 14.2 Å². The van der Waals surface area contributed by atoms with E-state index >= 15 is 0 Å². The minimum absolute atomic E-state index is 0.197. The second-order valence-corrected chi connectivity index (χ2v) is 11.4. The number of nitrogens with zero attached hydrogens (tertiary/aromatic N) is 1. The second kappa shape index (κ2) is 12.2. The van der Waals surface area contributed by atoms with Gasteiger partial charge in [-0.1, -0.05) is 6.07 Å². The highest BCUT2D eigenvalue weighted by atomic mass is 32.1. The van der Waals surface area contributed by atoms with E-state index in [9.17, 15) is 9.59 Å². The summed E-state index contributed by atoms with van der Waals surface area (Å²) in [4.78, 5) is 29.2. The molecule has 4 aromatic rings. The van der Waals surface area contributed by atoms with Gasteiger partial charge in [0.1, 0.15) is 19.0 Å². The third-order valence-corrected chi connectivity index (χ3v) is 8.46. The van der Waals surface area contributed by atoms with Gasteiger partial charge < -0.3 is 29.7 Å². The Labute approximate surface area is 243 Å². The topological polar surface area (TPSA) is 89.1 Å². The van der Waals surface area contributed by atoms with Crippen molar-refractivity contribution < 1.29 is 23.8 Å². The molecular formula is C32H33N3O5S. The average Bonchev–Trinajstić information content (AvgIpc) is 3.67. The van der Waals surface area contributed by atoms with E-state index in [1.807, 2.05) is 43.3 Å². The predicted octanol–water partition coefficient (Wildman–Crippen LogP) is 6.35. The zero-order valence-electron chi connectivity index (χ0n) is 23.0. The standard InChI is InChI=1S/C32H33N3O5S/c1-21-5-7-24(33-31(36)22-6-9-27-28(18-22)40-16-15-39-27)20-26(21)34-32(37)30-19-23-17-25(8-10-29(23)41-30)38-14-4-13-35-11-2-3-12-35/h5-10,17-20H,2-4,11-16H2,1H3,(H,33,36)(H,34,37). The molecule has 2 amide bonds. The molecule has 8 nitrogen and oxygen atoms in total. The Bertz CT molecular complexity index is 1580. The van der Waals surface area contributed by atoms with Gasteiger partial charge in [-0.3, -0.25) is 9.59 Å². The molecule has 0 atom stereocenters.